The molecule has 0 amide bonds. The number of methoxy groups -OCH3 is 1. The summed E-state index contributed by atoms with van der Waals surface area (Å²) in [5.41, 5.74) is 0. The van der Waals surface area contributed by atoms with E-state index in [0.29, 0.717) is 6.10 Å². The first-order chi connectivity index (χ1) is 4.38. The van der Waals surface area contributed by atoms with Crippen molar-refractivity contribution in [1.29, 1.82) is 0 Å². The molecule has 1 rings (SSSR count). The van der Waals surface area contributed by atoms with Crippen molar-refractivity contribution in [2.45, 2.75) is 25.4 Å². The van der Waals surface area contributed by atoms with Crippen LogP contribution in [0.1, 0.15) is 19.3 Å². The van der Waals surface area contributed by atoms with Gasteiger partial charge in [-0.25, -0.2) is 0 Å². The summed E-state index contributed by atoms with van der Waals surface area (Å²) in [6.07, 6.45) is 4.60. The van der Waals surface area contributed by atoms with E-state index in [4.69, 9.17) is 4.74 Å². The van der Waals surface area contributed by atoms with Crippen LogP contribution in [0, 0.1) is 5.92 Å². The van der Waals surface area contributed by atoms with Crippen LogP contribution in [0.5, 0.6) is 0 Å². The molecular formula is C7H13IO. The van der Waals surface area contributed by atoms with Gasteiger partial charge in [0, 0.05) is 11.5 Å². The van der Waals surface area contributed by atoms with Crippen molar-refractivity contribution in [3.05, 3.63) is 0 Å². The van der Waals surface area contributed by atoms with Crippen LogP contribution in [0.25, 0.3) is 0 Å². The number of alkyl halides is 1. The van der Waals surface area contributed by atoms with Crippen LogP contribution in [0.3, 0.4) is 0 Å². The maximum atomic E-state index is 5.31. The molecule has 9 heavy (non-hydrogen) atoms. The maximum Gasteiger partial charge on any atom is 0.0606 e. The van der Waals surface area contributed by atoms with Gasteiger partial charge in [0.15, 0.2) is 0 Å². The summed E-state index contributed by atoms with van der Waals surface area (Å²) in [5, 5.41) is 0. The van der Waals surface area contributed by atoms with Gasteiger partial charge in [0.25, 0.3) is 0 Å². The molecule has 2 atom stereocenters. The van der Waals surface area contributed by atoms with Gasteiger partial charge >= 0.3 is 0 Å². The average molecular weight is 240 g/mol. The molecule has 0 saturated heterocycles. The van der Waals surface area contributed by atoms with Crippen molar-refractivity contribution >= 4 is 22.6 Å². The van der Waals surface area contributed by atoms with Crippen LogP contribution >= 0.6 is 22.6 Å². The Morgan fingerprint density at radius 1 is 1.56 bits per heavy atom. The summed E-state index contributed by atoms with van der Waals surface area (Å²) in [7, 11) is 1.83. The Balaban J connectivity index is 2.32. The van der Waals surface area contributed by atoms with E-state index in [-0.39, 0.29) is 0 Å². The highest BCUT2D eigenvalue weighted by Gasteiger charge is 2.25. The van der Waals surface area contributed by atoms with Crippen molar-refractivity contribution in [3.8, 4) is 0 Å². The van der Waals surface area contributed by atoms with Gasteiger partial charge in [-0.15, -0.1) is 0 Å². The lowest BCUT2D eigenvalue weighted by molar-refractivity contribution is 0.0799. The van der Waals surface area contributed by atoms with E-state index in [0.717, 1.165) is 5.92 Å². The number of halogens is 1. The van der Waals surface area contributed by atoms with Gasteiger partial charge in [-0.1, -0.05) is 29.0 Å². The molecule has 0 N–H and O–H groups in total. The molecule has 1 saturated carbocycles. The molecule has 0 heterocycles. The van der Waals surface area contributed by atoms with Crippen molar-refractivity contribution in [1.82, 2.24) is 0 Å². The highest BCUT2D eigenvalue weighted by molar-refractivity contribution is 14.1. The predicted octanol–water partition coefficient (Wildman–Crippen LogP) is 2.24. The summed E-state index contributed by atoms with van der Waals surface area (Å²) < 4.78 is 6.57. The lowest BCUT2D eigenvalue weighted by atomic mass is 10.1. The second kappa shape index (κ2) is 3.76. The smallest absolute Gasteiger partial charge is 0.0606 e. The fourth-order valence-electron chi connectivity index (χ4n) is 1.49. The summed E-state index contributed by atoms with van der Waals surface area (Å²) in [6.45, 7) is 0. The Morgan fingerprint density at radius 2 is 2.33 bits per heavy atom. The minimum Gasteiger partial charge on any atom is -0.381 e. The Labute approximate surface area is 70.3 Å². The minimum absolute atomic E-state index is 0.571. The topological polar surface area (TPSA) is 9.23 Å². The molecule has 54 valence electrons. The molecule has 0 unspecified atom stereocenters. The molecule has 1 aliphatic carbocycles. The fourth-order valence-corrected chi connectivity index (χ4v) is 2.50. The lowest BCUT2D eigenvalue weighted by Crippen LogP contribution is -2.16. The third kappa shape index (κ3) is 1.80. The standard InChI is InChI=1S/C7H13IO/c1-9-7-4-2-3-6(7)5-8/h6-7H,2-5H2,1H3/t6-,7+/m1/s1. The van der Waals surface area contributed by atoms with Crippen LogP contribution in [0.15, 0.2) is 0 Å². The third-order valence-electron chi connectivity index (χ3n) is 2.09. The van der Waals surface area contributed by atoms with Gasteiger partial charge in [0.1, 0.15) is 0 Å². The Bertz CT molecular complexity index is 75.0. The molecule has 0 aliphatic heterocycles. The van der Waals surface area contributed by atoms with E-state index in [2.05, 4.69) is 22.6 Å². The molecule has 0 radical (unpaired) electrons. The van der Waals surface area contributed by atoms with Crippen LogP contribution in [0.2, 0.25) is 0 Å². The van der Waals surface area contributed by atoms with Gasteiger partial charge in [0.05, 0.1) is 6.10 Å². The molecule has 1 aliphatic rings. The predicted molar refractivity (Wildman–Crippen MR) is 47.0 cm³/mol. The van der Waals surface area contributed by atoms with Crippen molar-refractivity contribution in [2.24, 2.45) is 5.92 Å². The van der Waals surface area contributed by atoms with Crippen LogP contribution in [-0.4, -0.2) is 17.6 Å². The Morgan fingerprint density at radius 3 is 2.78 bits per heavy atom. The molecule has 0 bridgehead atoms. The first-order valence-corrected chi connectivity index (χ1v) is 4.99. The highest BCUT2D eigenvalue weighted by Crippen LogP contribution is 2.28. The molecule has 0 aromatic rings. The molecule has 2 heteroatoms. The number of hydrogen-bond acceptors (Lipinski definition) is 1. The van der Waals surface area contributed by atoms with Gasteiger partial charge in [0.2, 0.25) is 0 Å². The van der Waals surface area contributed by atoms with E-state index in [9.17, 15) is 0 Å². The highest BCUT2D eigenvalue weighted by atomic mass is 127. The fraction of sp³-hybridized carbons (Fsp3) is 1.00. The summed E-state index contributed by atoms with van der Waals surface area (Å²) in [5.74, 6) is 0.843. The van der Waals surface area contributed by atoms with Crippen LogP contribution in [0.4, 0.5) is 0 Å². The summed E-state index contributed by atoms with van der Waals surface area (Å²) >= 11 is 2.45. The average Bonchev–Trinajstić information content (AvgIpc) is 2.33. The molecule has 1 nitrogen and oxygen atoms in total. The molecule has 0 aromatic heterocycles. The van der Waals surface area contributed by atoms with E-state index in [1.165, 1.54) is 23.7 Å². The van der Waals surface area contributed by atoms with Crippen molar-refractivity contribution in [3.63, 3.8) is 0 Å². The van der Waals surface area contributed by atoms with Gasteiger partial charge in [-0.2, -0.15) is 0 Å². The normalized spacial score (nSPS) is 35.3. The van der Waals surface area contributed by atoms with E-state index in [1.807, 2.05) is 7.11 Å². The monoisotopic (exact) mass is 240 g/mol. The third-order valence-corrected chi connectivity index (χ3v) is 3.22. The van der Waals surface area contributed by atoms with Gasteiger partial charge < -0.3 is 4.74 Å². The molecule has 0 aromatic carbocycles. The van der Waals surface area contributed by atoms with E-state index >= 15 is 0 Å². The van der Waals surface area contributed by atoms with Crippen molar-refractivity contribution < 1.29 is 4.74 Å². The quantitative estimate of drug-likeness (QED) is 0.531. The van der Waals surface area contributed by atoms with E-state index in [1.54, 1.807) is 0 Å². The molecule has 1 fully saturated rings. The minimum atomic E-state index is 0.571. The van der Waals surface area contributed by atoms with E-state index < -0.39 is 0 Å². The van der Waals surface area contributed by atoms with Gasteiger partial charge in [-0.3, -0.25) is 0 Å². The SMILES string of the molecule is CO[C@H]1CCC[C@@H]1CI. The largest absolute Gasteiger partial charge is 0.381 e. The summed E-state index contributed by atoms with van der Waals surface area (Å²) in [4.78, 5) is 0. The molecule has 0 spiro atoms. The second-order valence-electron chi connectivity index (χ2n) is 2.62. The maximum absolute atomic E-state index is 5.31. The molecular weight excluding hydrogens is 227 g/mol. The van der Waals surface area contributed by atoms with Gasteiger partial charge in [-0.05, 0) is 18.8 Å². The zero-order valence-electron chi connectivity index (χ0n) is 5.77. The van der Waals surface area contributed by atoms with Crippen LogP contribution in [-0.2, 0) is 4.74 Å². The first kappa shape index (κ1) is 7.79. The number of ether oxygens (including phenoxy) is 1. The Hall–Kier alpha value is 0.690. The summed E-state index contributed by atoms with van der Waals surface area (Å²) in [6, 6.07) is 0. The first-order valence-electron chi connectivity index (χ1n) is 3.47. The number of hydrogen-bond donors (Lipinski definition) is 0. The van der Waals surface area contributed by atoms with Crippen LogP contribution < -0.4 is 0 Å². The lowest BCUT2D eigenvalue weighted by Gasteiger charge is -2.14. The second-order valence-corrected chi connectivity index (χ2v) is 3.50. The zero-order valence-corrected chi connectivity index (χ0v) is 7.93. The Kier molecular flexibility index (Phi) is 3.26. The van der Waals surface area contributed by atoms with Crippen molar-refractivity contribution in [2.75, 3.05) is 11.5 Å². The zero-order chi connectivity index (χ0) is 6.69. The number of rotatable bonds is 2.